The third-order valence-electron chi connectivity index (χ3n) is 3.47. The Morgan fingerprint density at radius 2 is 2.08 bits per heavy atom. The van der Waals surface area contributed by atoms with Crippen molar-refractivity contribution in [3.05, 3.63) is 47.7 Å². The van der Waals surface area contributed by atoms with E-state index in [0.29, 0.717) is 12.2 Å². The number of fused-ring (bicyclic) bond motifs is 1. The normalized spacial score (nSPS) is 11.8. The van der Waals surface area contributed by atoms with Crippen molar-refractivity contribution in [3.63, 3.8) is 0 Å². The van der Waals surface area contributed by atoms with Crippen LogP contribution < -0.4 is 5.32 Å². The monoisotopic (exact) mass is 338 g/mol. The third-order valence-corrected chi connectivity index (χ3v) is 3.47. The molecule has 126 valence electrons. The summed E-state index contributed by atoms with van der Waals surface area (Å²) in [5.41, 5.74) is -0.811. The number of nitrogens with one attached hydrogen (secondary N) is 1. The molecule has 0 aliphatic carbocycles. The Labute approximate surface area is 134 Å². The van der Waals surface area contributed by atoms with E-state index in [-0.39, 0.29) is 18.0 Å². The summed E-state index contributed by atoms with van der Waals surface area (Å²) in [6.07, 6.45) is -1.60. The lowest BCUT2D eigenvalue weighted by atomic mass is 10.2. The average molecular weight is 338 g/mol. The Bertz CT molecular complexity index is 882. The van der Waals surface area contributed by atoms with Crippen molar-refractivity contribution in [3.8, 4) is 0 Å². The highest BCUT2D eigenvalue weighted by atomic mass is 19.4. The molecule has 0 saturated heterocycles. The highest BCUT2D eigenvalue weighted by Gasteiger charge is 2.34. The van der Waals surface area contributed by atoms with Gasteiger partial charge in [-0.15, -0.1) is 10.2 Å². The zero-order valence-corrected chi connectivity index (χ0v) is 12.6. The summed E-state index contributed by atoms with van der Waals surface area (Å²) in [6, 6.07) is 3.76. The molecule has 10 heteroatoms. The Morgan fingerprint density at radius 3 is 2.79 bits per heavy atom. The van der Waals surface area contributed by atoms with Crippen LogP contribution in [0.2, 0.25) is 0 Å². The van der Waals surface area contributed by atoms with Gasteiger partial charge in [-0.3, -0.25) is 13.9 Å². The first-order valence-electron chi connectivity index (χ1n) is 7.11. The summed E-state index contributed by atoms with van der Waals surface area (Å²) < 4.78 is 41.6. The second kappa shape index (κ2) is 5.95. The second-order valence-corrected chi connectivity index (χ2v) is 4.94. The van der Waals surface area contributed by atoms with E-state index >= 15 is 0 Å². The lowest BCUT2D eigenvalue weighted by Gasteiger charge is -2.08. The van der Waals surface area contributed by atoms with Crippen molar-refractivity contribution in [2.75, 3.05) is 0 Å². The standard InChI is InChI=1S/C14H13F3N6O/c1-2-23-10(5-6-19-23)13(24)18-8-11-20-21-12-9(14(15,16)17)4-3-7-22(11)12/h3-7H,2,8H2,1H3,(H,18,24). The molecule has 1 N–H and O–H groups in total. The quantitative estimate of drug-likeness (QED) is 0.788. The van der Waals surface area contributed by atoms with Crippen LogP contribution in [0.15, 0.2) is 30.6 Å². The van der Waals surface area contributed by atoms with E-state index < -0.39 is 17.6 Å². The van der Waals surface area contributed by atoms with Crippen LogP contribution in [0.5, 0.6) is 0 Å². The van der Waals surface area contributed by atoms with Crippen LogP contribution >= 0.6 is 0 Å². The van der Waals surface area contributed by atoms with E-state index in [0.717, 1.165) is 6.07 Å². The number of carbonyl (C=O) groups is 1. The number of hydrogen-bond donors (Lipinski definition) is 1. The number of carbonyl (C=O) groups excluding carboxylic acids is 1. The number of aryl methyl sites for hydroxylation is 1. The van der Waals surface area contributed by atoms with Gasteiger partial charge in [-0.25, -0.2) is 0 Å². The largest absolute Gasteiger partial charge is 0.420 e. The van der Waals surface area contributed by atoms with Gasteiger partial charge in [0.15, 0.2) is 11.5 Å². The fourth-order valence-corrected chi connectivity index (χ4v) is 2.33. The topological polar surface area (TPSA) is 77.1 Å². The molecule has 3 aromatic heterocycles. The molecule has 0 aromatic carbocycles. The molecule has 0 saturated carbocycles. The number of rotatable bonds is 4. The molecule has 0 aliphatic rings. The highest BCUT2D eigenvalue weighted by Crippen LogP contribution is 2.31. The van der Waals surface area contributed by atoms with Gasteiger partial charge < -0.3 is 5.32 Å². The minimum Gasteiger partial charge on any atom is -0.343 e. The molecule has 3 rings (SSSR count). The molecule has 3 heterocycles. The molecule has 0 spiro atoms. The fraction of sp³-hybridized carbons (Fsp3) is 0.286. The van der Waals surface area contributed by atoms with Gasteiger partial charge in [0.2, 0.25) is 0 Å². The Balaban J connectivity index is 1.83. The van der Waals surface area contributed by atoms with Crippen LogP contribution in [0.25, 0.3) is 5.65 Å². The molecule has 1 amide bonds. The number of hydrogen-bond acceptors (Lipinski definition) is 4. The number of aromatic nitrogens is 5. The third kappa shape index (κ3) is 2.82. The molecule has 24 heavy (non-hydrogen) atoms. The van der Waals surface area contributed by atoms with Gasteiger partial charge in [-0.1, -0.05) is 0 Å². The number of halogens is 3. The number of amides is 1. The van der Waals surface area contributed by atoms with E-state index in [1.807, 2.05) is 6.92 Å². The van der Waals surface area contributed by atoms with Gasteiger partial charge in [0.05, 0.1) is 6.54 Å². The Kier molecular flexibility index (Phi) is 3.96. The first-order valence-corrected chi connectivity index (χ1v) is 7.11. The van der Waals surface area contributed by atoms with Crippen molar-refractivity contribution in [1.82, 2.24) is 29.7 Å². The summed E-state index contributed by atoms with van der Waals surface area (Å²) in [5.74, 6) is -0.190. The van der Waals surface area contributed by atoms with Crippen molar-refractivity contribution in [2.45, 2.75) is 26.2 Å². The van der Waals surface area contributed by atoms with Crippen molar-refractivity contribution >= 4 is 11.6 Å². The zero-order valence-electron chi connectivity index (χ0n) is 12.6. The molecular formula is C14H13F3N6O. The van der Waals surface area contributed by atoms with Gasteiger partial charge in [-0.05, 0) is 25.1 Å². The van der Waals surface area contributed by atoms with Gasteiger partial charge >= 0.3 is 6.18 Å². The van der Waals surface area contributed by atoms with E-state index in [4.69, 9.17) is 0 Å². The molecular weight excluding hydrogens is 325 g/mol. The van der Waals surface area contributed by atoms with E-state index in [2.05, 4.69) is 20.6 Å². The lowest BCUT2D eigenvalue weighted by molar-refractivity contribution is -0.136. The molecule has 0 fully saturated rings. The maximum atomic E-state index is 12.9. The fourth-order valence-electron chi connectivity index (χ4n) is 2.33. The second-order valence-electron chi connectivity index (χ2n) is 4.94. The SMILES string of the molecule is CCn1nccc1C(=O)NCc1nnc2c(C(F)(F)F)cccn12. The number of alkyl halides is 3. The van der Waals surface area contributed by atoms with Crippen LogP contribution in [0, 0.1) is 0 Å². The van der Waals surface area contributed by atoms with Crippen LogP contribution in [-0.2, 0) is 19.3 Å². The molecule has 3 aromatic rings. The summed E-state index contributed by atoms with van der Waals surface area (Å²) in [5, 5.41) is 13.9. The van der Waals surface area contributed by atoms with Crippen molar-refractivity contribution in [2.24, 2.45) is 0 Å². The maximum absolute atomic E-state index is 12.9. The van der Waals surface area contributed by atoms with Crippen LogP contribution in [0.1, 0.15) is 28.8 Å². The number of nitrogens with zero attached hydrogens (tertiary/aromatic N) is 5. The first kappa shape index (κ1) is 16.0. The van der Waals surface area contributed by atoms with Crippen LogP contribution in [0.4, 0.5) is 13.2 Å². The maximum Gasteiger partial charge on any atom is 0.420 e. The molecule has 7 nitrogen and oxygen atoms in total. The van der Waals surface area contributed by atoms with E-state index in [1.54, 1.807) is 6.07 Å². The van der Waals surface area contributed by atoms with Gasteiger partial charge in [-0.2, -0.15) is 18.3 Å². The average Bonchev–Trinajstić information content (AvgIpc) is 3.17. The number of pyridine rings is 1. The van der Waals surface area contributed by atoms with E-state index in [9.17, 15) is 18.0 Å². The van der Waals surface area contributed by atoms with Gasteiger partial charge in [0, 0.05) is 18.9 Å². The summed E-state index contributed by atoms with van der Waals surface area (Å²) in [4.78, 5) is 12.1. The highest BCUT2D eigenvalue weighted by molar-refractivity contribution is 5.92. The Morgan fingerprint density at radius 1 is 1.29 bits per heavy atom. The first-order chi connectivity index (χ1) is 11.4. The predicted octanol–water partition coefficient (Wildman–Crippen LogP) is 1.89. The predicted molar refractivity (Wildman–Crippen MR) is 77.1 cm³/mol. The van der Waals surface area contributed by atoms with Crippen LogP contribution in [0.3, 0.4) is 0 Å². The lowest BCUT2D eigenvalue weighted by Crippen LogP contribution is -2.26. The van der Waals surface area contributed by atoms with Crippen molar-refractivity contribution in [1.29, 1.82) is 0 Å². The van der Waals surface area contributed by atoms with E-state index in [1.165, 1.54) is 27.5 Å². The zero-order chi connectivity index (χ0) is 17.3. The minimum atomic E-state index is -4.52. The van der Waals surface area contributed by atoms with Gasteiger partial charge in [0.1, 0.15) is 11.3 Å². The molecule has 0 unspecified atom stereocenters. The molecule has 0 aliphatic heterocycles. The van der Waals surface area contributed by atoms with Gasteiger partial charge in [0.25, 0.3) is 5.91 Å². The summed E-state index contributed by atoms with van der Waals surface area (Å²) in [6.45, 7) is 2.31. The molecule has 0 atom stereocenters. The molecule has 0 radical (unpaired) electrons. The van der Waals surface area contributed by atoms with Crippen LogP contribution in [-0.4, -0.2) is 30.3 Å². The van der Waals surface area contributed by atoms with Crippen molar-refractivity contribution < 1.29 is 18.0 Å². The Hall–Kier alpha value is -2.91. The molecule has 0 bridgehead atoms. The smallest absolute Gasteiger partial charge is 0.343 e. The summed E-state index contributed by atoms with van der Waals surface area (Å²) >= 11 is 0. The summed E-state index contributed by atoms with van der Waals surface area (Å²) in [7, 11) is 0. The minimum absolute atomic E-state index is 0.0593.